The van der Waals surface area contributed by atoms with E-state index in [0.29, 0.717) is 6.10 Å². The molecule has 0 bridgehead atoms. The van der Waals surface area contributed by atoms with E-state index in [1.807, 2.05) is 0 Å². The molecule has 3 rings (SSSR count). The van der Waals surface area contributed by atoms with Crippen molar-refractivity contribution >= 4 is 0 Å². The molecule has 0 aromatic carbocycles. The lowest BCUT2D eigenvalue weighted by Gasteiger charge is -2.50. The van der Waals surface area contributed by atoms with Gasteiger partial charge in [-0.25, -0.2) is 0 Å². The van der Waals surface area contributed by atoms with Gasteiger partial charge < -0.3 is 4.74 Å². The van der Waals surface area contributed by atoms with Crippen LogP contribution in [0.2, 0.25) is 0 Å². The molecule has 1 heterocycles. The van der Waals surface area contributed by atoms with E-state index in [2.05, 4.69) is 26.8 Å². The standard InChI is InChI=1S/C19H32O/c1-4-6-17-16-10-8-14-11-13(3)7-9-15(14)18(16)12-20-19(17)5-2/h8,13,15-19H,4-7,9-12H2,1-3H3. The molecule has 114 valence electrons. The maximum Gasteiger partial charge on any atom is 0.0603 e. The molecule has 6 unspecified atom stereocenters. The van der Waals surface area contributed by atoms with Gasteiger partial charge in [-0.15, -0.1) is 0 Å². The van der Waals surface area contributed by atoms with Crippen molar-refractivity contribution in [1.29, 1.82) is 0 Å². The lowest BCUT2D eigenvalue weighted by Crippen LogP contribution is -2.47. The van der Waals surface area contributed by atoms with Crippen LogP contribution < -0.4 is 0 Å². The van der Waals surface area contributed by atoms with Crippen molar-refractivity contribution in [1.82, 2.24) is 0 Å². The minimum Gasteiger partial charge on any atom is -0.378 e. The van der Waals surface area contributed by atoms with Gasteiger partial charge in [0.05, 0.1) is 12.7 Å². The first-order valence-electron chi connectivity index (χ1n) is 9.05. The molecule has 1 nitrogen and oxygen atoms in total. The highest BCUT2D eigenvalue weighted by Crippen LogP contribution is 2.50. The summed E-state index contributed by atoms with van der Waals surface area (Å²) in [5.41, 5.74) is 1.79. The zero-order valence-corrected chi connectivity index (χ0v) is 13.6. The maximum absolute atomic E-state index is 6.31. The molecule has 0 radical (unpaired) electrons. The molecule has 6 atom stereocenters. The molecule has 2 aliphatic carbocycles. The molecule has 1 saturated carbocycles. The lowest BCUT2D eigenvalue weighted by molar-refractivity contribution is -0.112. The summed E-state index contributed by atoms with van der Waals surface area (Å²) in [7, 11) is 0. The van der Waals surface area contributed by atoms with Crippen LogP contribution in [0.15, 0.2) is 11.6 Å². The highest BCUT2D eigenvalue weighted by molar-refractivity contribution is 5.17. The van der Waals surface area contributed by atoms with Crippen molar-refractivity contribution in [2.75, 3.05) is 6.61 Å². The van der Waals surface area contributed by atoms with E-state index in [0.717, 1.165) is 36.2 Å². The van der Waals surface area contributed by atoms with Crippen LogP contribution in [0.25, 0.3) is 0 Å². The van der Waals surface area contributed by atoms with E-state index >= 15 is 0 Å². The molecule has 1 aliphatic heterocycles. The fourth-order valence-electron chi connectivity index (χ4n) is 5.31. The number of hydrogen-bond acceptors (Lipinski definition) is 1. The quantitative estimate of drug-likeness (QED) is 0.643. The van der Waals surface area contributed by atoms with Gasteiger partial charge in [0.1, 0.15) is 0 Å². The normalized spacial score (nSPS) is 44.5. The molecule has 20 heavy (non-hydrogen) atoms. The topological polar surface area (TPSA) is 9.23 Å². The third kappa shape index (κ3) is 2.58. The van der Waals surface area contributed by atoms with Crippen molar-refractivity contribution in [2.45, 2.75) is 71.8 Å². The zero-order chi connectivity index (χ0) is 14.1. The van der Waals surface area contributed by atoms with E-state index in [1.165, 1.54) is 44.9 Å². The van der Waals surface area contributed by atoms with Crippen LogP contribution in [-0.2, 0) is 4.74 Å². The fraction of sp³-hybridized carbons (Fsp3) is 0.895. The van der Waals surface area contributed by atoms with Crippen molar-refractivity contribution in [3.8, 4) is 0 Å². The summed E-state index contributed by atoms with van der Waals surface area (Å²) in [4.78, 5) is 0. The number of fused-ring (bicyclic) bond motifs is 3. The summed E-state index contributed by atoms with van der Waals surface area (Å²) < 4.78 is 6.31. The smallest absolute Gasteiger partial charge is 0.0603 e. The van der Waals surface area contributed by atoms with E-state index < -0.39 is 0 Å². The summed E-state index contributed by atoms with van der Waals surface area (Å²) >= 11 is 0. The van der Waals surface area contributed by atoms with E-state index in [1.54, 1.807) is 5.57 Å². The van der Waals surface area contributed by atoms with Gasteiger partial charge in [-0.05, 0) is 68.1 Å². The summed E-state index contributed by atoms with van der Waals surface area (Å²) in [5.74, 6) is 4.34. The van der Waals surface area contributed by atoms with Crippen molar-refractivity contribution in [3.63, 3.8) is 0 Å². The summed E-state index contributed by atoms with van der Waals surface area (Å²) in [5, 5.41) is 0. The molecule has 0 aromatic rings. The number of rotatable bonds is 3. The van der Waals surface area contributed by atoms with Crippen molar-refractivity contribution in [3.05, 3.63) is 11.6 Å². The summed E-state index contributed by atoms with van der Waals surface area (Å²) in [6.07, 6.45) is 12.6. The third-order valence-corrected chi connectivity index (χ3v) is 6.30. The Balaban J connectivity index is 1.80. The first-order valence-corrected chi connectivity index (χ1v) is 9.05. The maximum atomic E-state index is 6.31. The SMILES string of the molecule is CCCC1C(CC)OCC2C3CCC(C)CC3=CCC12. The van der Waals surface area contributed by atoms with E-state index in [9.17, 15) is 0 Å². The average Bonchev–Trinajstić information content (AvgIpc) is 2.47. The van der Waals surface area contributed by atoms with Gasteiger partial charge in [-0.2, -0.15) is 0 Å². The third-order valence-electron chi connectivity index (χ3n) is 6.30. The number of hydrogen-bond donors (Lipinski definition) is 0. The predicted octanol–water partition coefficient (Wildman–Crippen LogP) is 5.21. The van der Waals surface area contributed by atoms with Crippen LogP contribution in [-0.4, -0.2) is 12.7 Å². The fourth-order valence-corrected chi connectivity index (χ4v) is 5.31. The molecule has 1 heteroatoms. The molecular formula is C19H32O. The molecule has 0 N–H and O–H groups in total. The molecule has 0 amide bonds. The van der Waals surface area contributed by atoms with E-state index in [-0.39, 0.29) is 0 Å². The van der Waals surface area contributed by atoms with Crippen molar-refractivity contribution in [2.24, 2.45) is 29.6 Å². The van der Waals surface area contributed by atoms with Crippen LogP contribution in [0.3, 0.4) is 0 Å². The van der Waals surface area contributed by atoms with Crippen LogP contribution in [0.1, 0.15) is 65.7 Å². The first-order chi connectivity index (χ1) is 9.74. The molecular weight excluding hydrogens is 244 g/mol. The monoisotopic (exact) mass is 276 g/mol. The predicted molar refractivity (Wildman–Crippen MR) is 84.6 cm³/mol. The zero-order valence-electron chi connectivity index (χ0n) is 13.6. The van der Waals surface area contributed by atoms with Crippen molar-refractivity contribution < 1.29 is 4.74 Å². The molecule has 0 aromatic heterocycles. The Kier molecular flexibility index (Phi) is 4.55. The van der Waals surface area contributed by atoms with Gasteiger partial charge in [-0.1, -0.05) is 38.8 Å². The Morgan fingerprint density at radius 1 is 1.20 bits per heavy atom. The lowest BCUT2D eigenvalue weighted by atomic mass is 9.60. The second-order valence-corrected chi connectivity index (χ2v) is 7.57. The minimum absolute atomic E-state index is 0.536. The van der Waals surface area contributed by atoms with Gasteiger partial charge in [0.15, 0.2) is 0 Å². The van der Waals surface area contributed by atoms with Crippen LogP contribution in [0, 0.1) is 29.6 Å². The second-order valence-electron chi connectivity index (χ2n) is 7.57. The highest BCUT2D eigenvalue weighted by atomic mass is 16.5. The second kappa shape index (κ2) is 6.22. The Bertz CT molecular complexity index is 359. The molecule has 3 aliphatic rings. The van der Waals surface area contributed by atoms with Gasteiger partial charge in [0.2, 0.25) is 0 Å². The van der Waals surface area contributed by atoms with E-state index in [4.69, 9.17) is 4.74 Å². The van der Waals surface area contributed by atoms with Gasteiger partial charge in [-0.3, -0.25) is 0 Å². The Morgan fingerprint density at radius 2 is 2.05 bits per heavy atom. The molecule has 2 fully saturated rings. The average molecular weight is 276 g/mol. The first kappa shape index (κ1) is 14.6. The number of allylic oxidation sites excluding steroid dienone is 2. The minimum atomic E-state index is 0.536. The van der Waals surface area contributed by atoms with Gasteiger partial charge in [0, 0.05) is 0 Å². The highest BCUT2D eigenvalue weighted by Gasteiger charge is 2.45. The van der Waals surface area contributed by atoms with Crippen LogP contribution in [0.4, 0.5) is 0 Å². The molecule has 1 saturated heterocycles. The molecule has 0 spiro atoms. The Labute approximate surface area is 125 Å². The Hall–Kier alpha value is -0.300. The van der Waals surface area contributed by atoms with Gasteiger partial charge in [0.25, 0.3) is 0 Å². The Morgan fingerprint density at radius 3 is 2.80 bits per heavy atom. The van der Waals surface area contributed by atoms with Gasteiger partial charge >= 0.3 is 0 Å². The van der Waals surface area contributed by atoms with Crippen LogP contribution in [0.5, 0.6) is 0 Å². The van der Waals surface area contributed by atoms with Crippen LogP contribution >= 0.6 is 0 Å². The summed E-state index contributed by atoms with van der Waals surface area (Å²) in [6.45, 7) is 8.11. The summed E-state index contributed by atoms with van der Waals surface area (Å²) in [6, 6.07) is 0. The number of ether oxygens (including phenoxy) is 1. The largest absolute Gasteiger partial charge is 0.378 e.